The van der Waals surface area contributed by atoms with E-state index in [1.165, 1.54) is 18.2 Å². The van der Waals surface area contributed by atoms with Crippen LogP contribution in [0.1, 0.15) is 13.8 Å². The van der Waals surface area contributed by atoms with E-state index in [0.29, 0.717) is 0 Å². The Morgan fingerprint density at radius 2 is 2.00 bits per heavy atom. The predicted molar refractivity (Wildman–Crippen MR) is 68.6 cm³/mol. The summed E-state index contributed by atoms with van der Waals surface area (Å²) in [6.07, 6.45) is 0. The molecule has 0 amide bonds. The van der Waals surface area contributed by atoms with E-state index in [1.54, 1.807) is 13.8 Å². The molecule has 0 aliphatic heterocycles. The number of hydrogen-bond donors (Lipinski definition) is 4. The van der Waals surface area contributed by atoms with Crippen molar-refractivity contribution in [2.24, 2.45) is 5.41 Å². The molecule has 0 heterocycles. The number of aliphatic hydroxyl groups is 1. The standard InChI is InChI=1S/C11H18N2O4S/c1-11(2,7-14)6-13-18(16,17)8-3-4-10(15)9(12)5-8/h3-5,13-15H,6-7,12H2,1-2H3. The van der Waals surface area contributed by atoms with Crippen molar-refractivity contribution < 1.29 is 18.6 Å². The molecular weight excluding hydrogens is 256 g/mol. The zero-order chi connectivity index (χ0) is 14.0. The first-order chi connectivity index (χ1) is 8.18. The number of benzene rings is 1. The lowest BCUT2D eigenvalue weighted by atomic mass is 9.96. The van der Waals surface area contributed by atoms with Gasteiger partial charge in [-0.1, -0.05) is 13.8 Å². The third-order valence-electron chi connectivity index (χ3n) is 2.48. The molecule has 1 aromatic carbocycles. The van der Waals surface area contributed by atoms with Gasteiger partial charge in [0.1, 0.15) is 5.75 Å². The van der Waals surface area contributed by atoms with Crippen LogP contribution in [-0.4, -0.2) is 31.8 Å². The maximum absolute atomic E-state index is 11.9. The van der Waals surface area contributed by atoms with E-state index in [-0.39, 0.29) is 29.5 Å². The molecule has 5 N–H and O–H groups in total. The van der Waals surface area contributed by atoms with Crippen LogP contribution in [-0.2, 0) is 10.0 Å². The molecule has 102 valence electrons. The summed E-state index contributed by atoms with van der Waals surface area (Å²) >= 11 is 0. The smallest absolute Gasteiger partial charge is 0.240 e. The van der Waals surface area contributed by atoms with Crippen LogP contribution in [0.4, 0.5) is 5.69 Å². The van der Waals surface area contributed by atoms with Gasteiger partial charge in [-0.05, 0) is 18.2 Å². The molecular formula is C11H18N2O4S. The molecule has 0 aliphatic rings. The fourth-order valence-electron chi connectivity index (χ4n) is 1.13. The van der Waals surface area contributed by atoms with Gasteiger partial charge >= 0.3 is 0 Å². The number of anilines is 1. The highest BCUT2D eigenvalue weighted by Gasteiger charge is 2.22. The minimum Gasteiger partial charge on any atom is -0.506 e. The van der Waals surface area contributed by atoms with Gasteiger partial charge in [0.2, 0.25) is 10.0 Å². The molecule has 6 nitrogen and oxygen atoms in total. The third kappa shape index (κ3) is 3.59. The molecule has 0 aliphatic carbocycles. The highest BCUT2D eigenvalue weighted by atomic mass is 32.2. The van der Waals surface area contributed by atoms with Crippen molar-refractivity contribution in [2.45, 2.75) is 18.7 Å². The number of phenols is 1. The van der Waals surface area contributed by atoms with Gasteiger partial charge in [-0.25, -0.2) is 13.1 Å². The summed E-state index contributed by atoms with van der Waals surface area (Å²) in [6, 6.07) is 3.67. The number of nitrogens with one attached hydrogen (secondary N) is 1. The Bertz CT molecular complexity index is 526. The lowest BCUT2D eigenvalue weighted by molar-refractivity contribution is 0.163. The molecule has 0 aromatic heterocycles. The molecule has 0 fully saturated rings. The molecule has 0 atom stereocenters. The lowest BCUT2D eigenvalue weighted by Gasteiger charge is -2.21. The minimum atomic E-state index is -3.70. The van der Waals surface area contributed by atoms with E-state index < -0.39 is 15.4 Å². The van der Waals surface area contributed by atoms with Crippen LogP contribution in [0.15, 0.2) is 23.1 Å². The Labute approximate surface area is 106 Å². The number of hydrogen-bond acceptors (Lipinski definition) is 5. The van der Waals surface area contributed by atoms with E-state index in [0.717, 1.165) is 0 Å². The van der Waals surface area contributed by atoms with Gasteiger partial charge in [0.05, 0.1) is 10.6 Å². The first-order valence-corrected chi connectivity index (χ1v) is 6.85. The van der Waals surface area contributed by atoms with Crippen molar-refractivity contribution in [3.8, 4) is 5.75 Å². The van der Waals surface area contributed by atoms with Crippen LogP contribution in [0.3, 0.4) is 0 Å². The predicted octanol–water partition coefficient (Wildman–Crippen LogP) is 0.271. The van der Waals surface area contributed by atoms with Gasteiger partial charge in [0.15, 0.2) is 0 Å². The second-order valence-electron chi connectivity index (χ2n) is 4.87. The fourth-order valence-corrected chi connectivity index (χ4v) is 2.41. The van der Waals surface area contributed by atoms with Gasteiger partial charge in [0, 0.05) is 18.6 Å². The van der Waals surface area contributed by atoms with Crippen molar-refractivity contribution in [3.63, 3.8) is 0 Å². The summed E-state index contributed by atoms with van der Waals surface area (Å²) in [7, 11) is -3.70. The first-order valence-electron chi connectivity index (χ1n) is 5.37. The summed E-state index contributed by atoms with van der Waals surface area (Å²) < 4.78 is 26.2. The lowest BCUT2D eigenvalue weighted by Crippen LogP contribution is -2.36. The number of nitrogens with two attached hydrogens (primary N) is 1. The number of aliphatic hydroxyl groups excluding tert-OH is 1. The highest BCUT2D eigenvalue weighted by molar-refractivity contribution is 7.89. The fraction of sp³-hybridized carbons (Fsp3) is 0.455. The number of rotatable bonds is 5. The van der Waals surface area contributed by atoms with Crippen molar-refractivity contribution in [1.29, 1.82) is 0 Å². The topological polar surface area (TPSA) is 113 Å². The molecule has 1 aromatic rings. The first kappa shape index (κ1) is 14.7. The van der Waals surface area contributed by atoms with Crippen molar-refractivity contribution in [1.82, 2.24) is 4.72 Å². The molecule has 7 heteroatoms. The maximum Gasteiger partial charge on any atom is 0.240 e. The summed E-state index contributed by atoms with van der Waals surface area (Å²) in [4.78, 5) is -0.0217. The van der Waals surface area contributed by atoms with Gasteiger partial charge in [-0.3, -0.25) is 0 Å². The second-order valence-corrected chi connectivity index (χ2v) is 6.63. The summed E-state index contributed by atoms with van der Waals surface area (Å²) in [5.41, 5.74) is 4.90. The van der Waals surface area contributed by atoms with Crippen molar-refractivity contribution >= 4 is 15.7 Å². The van der Waals surface area contributed by atoms with Crippen LogP contribution >= 0.6 is 0 Å². The summed E-state index contributed by atoms with van der Waals surface area (Å²) in [5.74, 6) is -0.162. The average molecular weight is 274 g/mol. The summed E-state index contributed by atoms with van der Waals surface area (Å²) in [6.45, 7) is 3.45. The second kappa shape index (κ2) is 5.13. The average Bonchev–Trinajstić information content (AvgIpc) is 2.30. The molecule has 0 spiro atoms. The zero-order valence-corrected chi connectivity index (χ0v) is 11.2. The zero-order valence-electron chi connectivity index (χ0n) is 10.3. The number of aromatic hydroxyl groups is 1. The molecule has 1 rings (SSSR count). The number of nitrogen functional groups attached to an aromatic ring is 1. The van der Waals surface area contributed by atoms with Gasteiger partial charge in [-0.15, -0.1) is 0 Å². The third-order valence-corrected chi connectivity index (χ3v) is 3.88. The van der Waals surface area contributed by atoms with Gasteiger partial charge in [-0.2, -0.15) is 0 Å². The van der Waals surface area contributed by atoms with E-state index in [1.807, 2.05) is 0 Å². The molecule has 0 radical (unpaired) electrons. The number of sulfonamides is 1. The molecule has 0 saturated carbocycles. The van der Waals surface area contributed by atoms with Crippen LogP contribution in [0.5, 0.6) is 5.75 Å². The Morgan fingerprint density at radius 1 is 1.39 bits per heavy atom. The van der Waals surface area contributed by atoms with Crippen LogP contribution in [0, 0.1) is 5.41 Å². The van der Waals surface area contributed by atoms with Gasteiger partial charge < -0.3 is 15.9 Å². The quantitative estimate of drug-likeness (QED) is 0.455. The Morgan fingerprint density at radius 3 is 2.50 bits per heavy atom. The van der Waals surface area contributed by atoms with Crippen molar-refractivity contribution in [2.75, 3.05) is 18.9 Å². The summed E-state index contributed by atoms with van der Waals surface area (Å²) in [5, 5.41) is 18.3. The van der Waals surface area contributed by atoms with Crippen molar-refractivity contribution in [3.05, 3.63) is 18.2 Å². The minimum absolute atomic E-state index is 0.000654. The van der Waals surface area contributed by atoms with Crippen LogP contribution in [0.25, 0.3) is 0 Å². The Balaban J connectivity index is 2.90. The molecule has 18 heavy (non-hydrogen) atoms. The largest absolute Gasteiger partial charge is 0.506 e. The SMILES string of the molecule is CC(C)(CO)CNS(=O)(=O)c1ccc(O)c(N)c1. The monoisotopic (exact) mass is 274 g/mol. The van der Waals surface area contributed by atoms with E-state index in [9.17, 15) is 13.5 Å². The number of phenolic OH excluding ortho intramolecular Hbond substituents is 1. The Kier molecular flexibility index (Phi) is 4.20. The molecule has 0 saturated heterocycles. The van der Waals surface area contributed by atoms with E-state index >= 15 is 0 Å². The van der Waals surface area contributed by atoms with E-state index in [2.05, 4.69) is 4.72 Å². The Hall–Kier alpha value is -1.31. The van der Waals surface area contributed by atoms with E-state index in [4.69, 9.17) is 10.8 Å². The molecule has 0 unspecified atom stereocenters. The maximum atomic E-state index is 11.9. The molecule has 0 bridgehead atoms. The van der Waals surface area contributed by atoms with Gasteiger partial charge in [0.25, 0.3) is 0 Å². The van der Waals surface area contributed by atoms with Crippen LogP contribution in [0.2, 0.25) is 0 Å². The van der Waals surface area contributed by atoms with Crippen LogP contribution < -0.4 is 10.5 Å². The highest BCUT2D eigenvalue weighted by Crippen LogP contribution is 2.23. The normalized spacial score (nSPS) is 12.6.